The first kappa shape index (κ1) is 20.0. The Balaban J connectivity index is 1.74. The first-order chi connectivity index (χ1) is 12.1. The van der Waals surface area contributed by atoms with Crippen molar-refractivity contribution in [2.45, 2.75) is 37.3 Å². The van der Waals surface area contributed by atoms with Gasteiger partial charge < -0.3 is 15.4 Å². The number of carbonyl (C=O) groups is 2. The molecule has 1 aliphatic heterocycles. The fourth-order valence-electron chi connectivity index (χ4n) is 2.30. The van der Waals surface area contributed by atoms with Gasteiger partial charge in [0.05, 0.1) is 4.58 Å². The van der Waals surface area contributed by atoms with Gasteiger partial charge in [-0.15, -0.1) is 23.5 Å². The van der Waals surface area contributed by atoms with E-state index in [1.54, 1.807) is 6.92 Å². The van der Waals surface area contributed by atoms with Gasteiger partial charge in [0.2, 0.25) is 5.91 Å². The van der Waals surface area contributed by atoms with Crippen LogP contribution in [0, 0.1) is 0 Å². The molecular formula is C18H26N2O3S2. The monoisotopic (exact) mass is 382 g/mol. The maximum absolute atomic E-state index is 11.9. The van der Waals surface area contributed by atoms with Gasteiger partial charge in [0.15, 0.2) is 6.61 Å². The van der Waals surface area contributed by atoms with Gasteiger partial charge in [-0.1, -0.05) is 19.1 Å². The molecule has 0 spiro atoms. The van der Waals surface area contributed by atoms with E-state index in [1.807, 2.05) is 42.6 Å². The van der Waals surface area contributed by atoms with Crippen LogP contribution in [-0.4, -0.2) is 42.5 Å². The normalized spacial score (nSPS) is 16.1. The molecule has 0 unspecified atom stereocenters. The van der Waals surface area contributed by atoms with Crippen molar-refractivity contribution in [2.75, 3.05) is 24.7 Å². The smallest absolute Gasteiger partial charge is 0.258 e. The molecule has 0 aliphatic carbocycles. The Morgan fingerprint density at radius 3 is 2.56 bits per heavy atom. The third kappa shape index (κ3) is 6.82. The summed E-state index contributed by atoms with van der Waals surface area (Å²) in [6, 6.07) is 7.35. The van der Waals surface area contributed by atoms with Crippen molar-refractivity contribution in [1.82, 2.24) is 10.6 Å². The zero-order valence-corrected chi connectivity index (χ0v) is 16.4. The second-order valence-electron chi connectivity index (χ2n) is 5.87. The van der Waals surface area contributed by atoms with Crippen molar-refractivity contribution in [3.8, 4) is 5.75 Å². The lowest BCUT2D eigenvalue weighted by Gasteiger charge is -2.21. The summed E-state index contributed by atoms with van der Waals surface area (Å²) in [6.45, 7) is 4.16. The predicted molar refractivity (Wildman–Crippen MR) is 105 cm³/mol. The molecule has 1 heterocycles. The Bertz CT molecular complexity index is 560. The topological polar surface area (TPSA) is 67.4 Å². The molecule has 2 rings (SSSR count). The van der Waals surface area contributed by atoms with Crippen molar-refractivity contribution in [3.05, 3.63) is 29.8 Å². The van der Waals surface area contributed by atoms with Crippen LogP contribution >= 0.6 is 23.5 Å². The first-order valence-electron chi connectivity index (χ1n) is 8.63. The quantitative estimate of drug-likeness (QED) is 0.723. The first-order valence-corrected chi connectivity index (χ1v) is 10.7. The van der Waals surface area contributed by atoms with Crippen LogP contribution in [0.25, 0.3) is 0 Å². The molecule has 1 aromatic rings. The molecule has 2 N–H and O–H groups in total. The highest BCUT2D eigenvalue weighted by molar-refractivity contribution is 8.16. The van der Waals surface area contributed by atoms with Crippen LogP contribution in [0.4, 0.5) is 0 Å². The van der Waals surface area contributed by atoms with Crippen LogP contribution in [0.2, 0.25) is 0 Å². The summed E-state index contributed by atoms with van der Waals surface area (Å²) < 4.78 is 6.01. The van der Waals surface area contributed by atoms with Gasteiger partial charge in [-0.25, -0.2) is 0 Å². The minimum absolute atomic E-state index is 0.0995. The Kier molecular flexibility index (Phi) is 8.48. The lowest BCUT2D eigenvalue weighted by Crippen LogP contribution is -2.46. The van der Waals surface area contributed by atoms with Crippen LogP contribution in [0.15, 0.2) is 24.3 Å². The Hall–Kier alpha value is -1.34. The number of amides is 2. The Morgan fingerprint density at radius 2 is 1.92 bits per heavy atom. The van der Waals surface area contributed by atoms with Crippen molar-refractivity contribution in [3.63, 3.8) is 0 Å². The van der Waals surface area contributed by atoms with Gasteiger partial charge in [-0.3, -0.25) is 9.59 Å². The van der Waals surface area contributed by atoms with Gasteiger partial charge in [-0.2, -0.15) is 0 Å². The highest BCUT2D eigenvalue weighted by Crippen LogP contribution is 2.43. The molecule has 138 valence electrons. The molecule has 1 saturated heterocycles. The zero-order valence-electron chi connectivity index (χ0n) is 14.7. The van der Waals surface area contributed by atoms with Crippen molar-refractivity contribution < 1.29 is 14.3 Å². The number of thioether (sulfide) groups is 2. The SMILES string of the molecule is CCCNC(=O)[C@H](C)NC(=O)COc1ccc(C2SCCCS2)cc1. The molecule has 1 aromatic carbocycles. The van der Waals surface area contributed by atoms with E-state index in [0.717, 1.165) is 6.42 Å². The number of carbonyl (C=O) groups excluding carboxylic acids is 2. The van der Waals surface area contributed by atoms with Crippen LogP contribution in [0.5, 0.6) is 5.75 Å². The van der Waals surface area contributed by atoms with E-state index in [-0.39, 0.29) is 18.4 Å². The van der Waals surface area contributed by atoms with Crippen molar-refractivity contribution in [1.29, 1.82) is 0 Å². The van der Waals surface area contributed by atoms with Crippen molar-refractivity contribution >= 4 is 35.3 Å². The van der Waals surface area contributed by atoms with Gasteiger partial charge >= 0.3 is 0 Å². The minimum Gasteiger partial charge on any atom is -0.484 e. The van der Waals surface area contributed by atoms with Gasteiger partial charge in [0.25, 0.3) is 5.91 Å². The van der Waals surface area contributed by atoms with Gasteiger partial charge in [-0.05, 0) is 49.0 Å². The zero-order chi connectivity index (χ0) is 18.1. The summed E-state index contributed by atoms with van der Waals surface area (Å²) in [5.74, 6) is 2.59. The van der Waals surface area contributed by atoms with E-state index in [4.69, 9.17) is 4.74 Å². The number of rotatable bonds is 8. The molecule has 0 aromatic heterocycles. The Labute approximate surface area is 158 Å². The van der Waals surface area contributed by atoms with E-state index < -0.39 is 6.04 Å². The molecule has 0 saturated carbocycles. The molecule has 1 aliphatic rings. The maximum Gasteiger partial charge on any atom is 0.258 e. The van der Waals surface area contributed by atoms with E-state index in [2.05, 4.69) is 22.8 Å². The second-order valence-corrected chi connectivity index (χ2v) is 8.59. The molecular weight excluding hydrogens is 356 g/mol. The second kappa shape index (κ2) is 10.6. The molecule has 2 amide bonds. The average Bonchev–Trinajstić information content (AvgIpc) is 2.65. The molecule has 0 bridgehead atoms. The summed E-state index contributed by atoms with van der Waals surface area (Å²) in [6.07, 6.45) is 2.14. The highest BCUT2D eigenvalue weighted by Gasteiger charge is 2.17. The van der Waals surface area contributed by atoms with E-state index in [0.29, 0.717) is 16.9 Å². The molecule has 5 nitrogen and oxygen atoms in total. The van der Waals surface area contributed by atoms with Crippen LogP contribution in [0.1, 0.15) is 36.8 Å². The number of hydrogen-bond donors (Lipinski definition) is 2. The lowest BCUT2D eigenvalue weighted by atomic mass is 10.2. The number of nitrogens with one attached hydrogen (secondary N) is 2. The van der Waals surface area contributed by atoms with Gasteiger partial charge in [0.1, 0.15) is 11.8 Å². The lowest BCUT2D eigenvalue weighted by molar-refractivity contribution is -0.129. The van der Waals surface area contributed by atoms with E-state index in [1.165, 1.54) is 23.5 Å². The average molecular weight is 383 g/mol. The third-order valence-electron chi connectivity index (χ3n) is 3.67. The summed E-state index contributed by atoms with van der Waals surface area (Å²) in [7, 11) is 0. The summed E-state index contributed by atoms with van der Waals surface area (Å²) in [5.41, 5.74) is 1.28. The number of hydrogen-bond acceptors (Lipinski definition) is 5. The van der Waals surface area contributed by atoms with E-state index >= 15 is 0 Å². The number of benzene rings is 1. The summed E-state index contributed by atoms with van der Waals surface area (Å²) in [5, 5.41) is 5.39. The van der Waals surface area contributed by atoms with E-state index in [9.17, 15) is 9.59 Å². The van der Waals surface area contributed by atoms with Gasteiger partial charge in [0, 0.05) is 6.54 Å². The third-order valence-corrected chi connectivity index (χ3v) is 6.68. The van der Waals surface area contributed by atoms with Crippen LogP contribution < -0.4 is 15.4 Å². The molecule has 1 atom stereocenters. The van der Waals surface area contributed by atoms with Crippen LogP contribution in [-0.2, 0) is 9.59 Å². The maximum atomic E-state index is 11.9. The molecule has 25 heavy (non-hydrogen) atoms. The fourth-order valence-corrected chi connectivity index (χ4v) is 5.19. The largest absolute Gasteiger partial charge is 0.484 e. The summed E-state index contributed by atoms with van der Waals surface area (Å²) in [4.78, 5) is 23.6. The minimum atomic E-state index is -0.564. The summed E-state index contributed by atoms with van der Waals surface area (Å²) >= 11 is 3.95. The van der Waals surface area contributed by atoms with Crippen molar-refractivity contribution in [2.24, 2.45) is 0 Å². The number of ether oxygens (including phenoxy) is 1. The standard InChI is InChI=1S/C18H26N2O3S2/c1-3-9-19-17(22)13(2)20-16(21)12-23-15-7-5-14(6-8-15)18-24-10-4-11-25-18/h5-8,13,18H,3-4,9-12H2,1-2H3,(H,19,22)(H,20,21)/t13-/m0/s1. The molecule has 1 fully saturated rings. The Morgan fingerprint density at radius 1 is 1.24 bits per heavy atom. The fraction of sp³-hybridized carbons (Fsp3) is 0.556. The molecule has 7 heteroatoms. The molecule has 0 radical (unpaired) electrons. The van der Waals surface area contributed by atoms with Crippen LogP contribution in [0.3, 0.4) is 0 Å². The highest BCUT2D eigenvalue weighted by atomic mass is 32.2. The predicted octanol–water partition coefficient (Wildman–Crippen LogP) is 2.97.